The fourth-order valence-electron chi connectivity index (χ4n) is 2.26. The number of halogens is 4. The van der Waals surface area contributed by atoms with Gasteiger partial charge in [0.1, 0.15) is 6.04 Å². The van der Waals surface area contributed by atoms with Crippen LogP contribution in [0.1, 0.15) is 45.2 Å². The van der Waals surface area contributed by atoms with E-state index in [0.29, 0.717) is 24.3 Å². The number of hydrogen-bond donors (Lipinski definition) is 3. The summed E-state index contributed by atoms with van der Waals surface area (Å²) in [7, 11) is 0. The zero-order valence-electron chi connectivity index (χ0n) is 15.6. The van der Waals surface area contributed by atoms with E-state index in [0.717, 1.165) is 12.6 Å². The molecule has 0 aromatic heterocycles. The molecule has 0 radical (unpaired) electrons. The number of rotatable bonds is 7. The molecule has 1 aromatic carbocycles. The predicted octanol–water partition coefficient (Wildman–Crippen LogP) is 4.11. The maximum Gasteiger partial charge on any atom is 0.416 e. The van der Waals surface area contributed by atoms with Crippen molar-refractivity contribution in [2.24, 2.45) is 11.7 Å². The van der Waals surface area contributed by atoms with Crippen LogP contribution in [0.15, 0.2) is 24.3 Å². The van der Waals surface area contributed by atoms with Gasteiger partial charge in [0.2, 0.25) is 0 Å². The Labute approximate surface area is 159 Å². The van der Waals surface area contributed by atoms with Gasteiger partial charge in [0.25, 0.3) is 0 Å². The molecule has 0 amide bonds. The summed E-state index contributed by atoms with van der Waals surface area (Å²) in [5.74, 6) is -0.556. The Kier molecular flexibility index (Phi) is 13.4. The van der Waals surface area contributed by atoms with E-state index in [9.17, 15) is 18.0 Å². The molecular weight excluding hydrogens is 369 g/mol. The van der Waals surface area contributed by atoms with Crippen molar-refractivity contribution in [1.82, 2.24) is 5.32 Å². The molecule has 0 heterocycles. The second kappa shape index (κ2) is 12.9. The van der Waals surface area contributed by atoms with Crippen molar-refractivity contribution in [3.8, 4) is 0 Å². The Hall–Kier alpha value is -1.31. The van der Waals surface area contributed by atoms with Gasteiger partial charge in [-0.25, -0.2) is 0 Å². The Balaban J connectivity index is 0. The quantitative estimate of drug-likeness (QED) is 0.646. The molecule has 2 unspecified atom stereocenters. The number of nitrogens with one attached hydrogen (secondary N) is 1. The van der Waals surface area contributed by atoms with Gasteiger partial charge >= 0.3 is 12.1 Å². The van der Waals surface area contributed by atoms with Crippen LogP contribution in [-0.2, 0) is 17.4 Å². The minimum Gasteiger partial charge on any atom is -0.480 e. The SMILES string of the molecule is CC(C)CC(N)C(=O)O.CCNC(C)Cc1cccc(C(F)(F)F)c1.Cl. The first kappa shape index (κ1) is 26.9. The van der Waals surface area contributed by atoms with Crippen molar-refractivity contribution < 1.29 is 23.1 Å². The minimum atomic E-state index is -4.25. The lowest BCUT2D eigenvalue weighted by Crippen LogP contribution is -2.31. The standard InChI is InChI=1S/C12H16F3N.C6H13NO2.ClH/c1-3-16-9(2)7-10-5-4-6-11(8-10)12(13,14)15;1-4(2)3-5(7)6(8)9;/h4-6,8-9,16H,3,7H2,1-2H3;4-5H,3,7H2,1-2H3,(H,8,9);1H. The Morgan fingerprint density at radius 2 is 1.85 bits per heavy atom. The van der Waals surface area contributed by atoms with Gasteiger partial charge in [0.15, 0.2) is 0 Å². The van der Waals surface area contributed by atoms with Gasteiger partial charge < -0.3 is 16.2 Å². The first-order valence-electron chi connectivity index (χ1n) is 8.35. The summed E-state index contributed by atoms with van der Waals surface area (Å²) < 4.78 is 37.3. The molecule has 0 aliphatic carbocycles. The van der Waals surface area contributed by atoms with E-state index in [4.69, 9.17) is 10.8 Å². The number of hydrogen-bond acceptors (Lipinski definition) is 3. The van der Waals surface area contributed by atoms with E-state index in [1.807, 2.05) is 27.7 Å². The third kappa shape index (κ3) is 12.1. The van der Waals surface area contributed by atoms with Gasteiger partial charge in [0, 0.05) is 6.04 Å². The number of likely N-dealkylation sites (N-methyl/N-ethyl adjacent to an activating group) is 1. The third-order valence-corrected chi connectivity index (χ3v) is 3.39. The average Bonchev–Trinajstić information content (AvgIpc) is 2.46. The summed E-state index contributed by atoms with van der Waals surface area (Å²) in [6.07, 6.45) is -3.09. The Bertz CT molecular complexity index is 525. The van der Waals surface area contributed by atoms with E-state index in [-0.39, 0.29) is 18.4 Å². The first-order chi connectivity index (χ1) is 11.5. The van der Waals surface area contributed by atoms with Crippen LogP contribution in [0, 0.1) is 5.92 Å². The smallest absolute Gasteiger partial charge is 0.416 e. The van der Waals surface area contributed by atoms with E-state index >= 15 is 0 Å². The van der Waals surface area contributed by atoms with Crippen LogP contribution < -0.4 is 11.1 Å². The first-order valence-corrected chi connectivity index (χ1v) is 8.35. The van der Waals surface area contributed by atoms with E-state index in [1.54, 1.807) is 6.07 Å². The van der Waals surface area contributed by atoms with Crippen molar-refractivity contribution in [2.75, 3.05) is 6.54 Å². The summed E-state index contributed by atoms with van der Waals surface area (Å²) in [5.41, 5.74) is 5.35. The molecule has 1 rings (SSSR count). The maximum absolute atomic E-state index is 12.4. The lowest BCUT2D eigenvalue weighted by molar-refractivity contribution is -0.139. The molecule has 0 spiro atoms. The van der Waals surface area contributed by atoms with Crippen LogP contribution in [0.25, 0.3) is 0 Å². The minimum absolute atomic E-state index is 0. The van der Waals surface area contributed by atoms with Gasteiger partial charge in [-0.05, 0) is 43.9 Å². The van der Waals surface area contributed by atoms with Crippen molar-refractivity contribution in [1.29, 1.82) is 0 Å². The summed E-state index contributed by atoms with van der Waals surface area (Å²) in [6.45, 7) is 8.65. The number of alkyl halides is 3. The fourth-order valence-corrected chi connectivity index (χ4v) is 2.26. The molecule has 0 bridgehead atoms. The van der Waals surface area contributed by atoms with E-state index in [2.05, 4.69) is 5.32 Å². The average molecular weight is 399 g/mol. The van der Waals surface area contributed by atoms with Crippen LogP contribution in [0.2, 0.25) is 0 Å². The van der Waals surface area contributed by atoms with Gasteiger partial charge in [-0.3, -0.25) is 4.79 Å². The summed E-state index contributed by atoms with van der Waals surface area (Å²) in [6, 6.07) is 4.99. The molecule has 0 fully saturated rings. The third-order valence-electron chi connectivity index (χ3n) is 3.39. The number of nitrogens with two attached hydrogens (primary N) is 1. The second-order valence-corrected chi connectivity index (χ2v) is 6.44. The Morgan fingerprint density at radius 3 is 2.23 bits per heavy atom. The lowest BCUT2D eigenvalue weighted by atomic mass is 10.0. The molecule has 2 atom stereocenters. The molecule has 0 saturated carbocycles. The molecule has 4 N–H and O–H groups in total. The largest absolute Gasteiger partial charge is 0.480 e. The lowest BCUT2D eigenvalue weighted by Gasteiger charge is -2.13. The topological polar surface area (TPSA) is 75.4 Å². The summed E-state index contributed by atoms with van der Waals surface area (Å²) in [5, 5.41) is 11.5. The molecule has 152 valence electrons. The van der Waals surface area contributed by atoms with Gasteiger partial charge in [-0.2, -0.15) is 13.2 Å². The zero-order chi connectivity index (χ0) is 19.6. The van der Waals surface area contributed by atoms with E-state index < -0.39 is 23.8 Å². The number of carbonyl (C=O) groups is 1. The van der Waals surface area contributed by atoms with E-state index in [1.165, 1.54) is 12.1 Å². The van der Waals surface area contributed by atoms with Crippen molar-refractivity contribution in [3.63, 3.8) is 0 Å². The van der Waals surface area contributed by atoms with Gasteiger partial charge in [-0.15, -0.1) is 12.4 Å². The van der Waals surface area contributed by atoms with Crippen LogP contribution in [0.5, 0.6) is 0 Å². The van der Waals surface area contributed by atoms with Crippen LogP contribution in [0.3, 0.4) is 0 Å². The fraction of sp³-hybridized carbons (Fsp3) is 0.611. The molecular formula is C18H30ClF3N2O2. The number of carboxylic acids is 1. The summed E-state index contributed by atoms with van der Waals surface area (Å²) >= 11 is 0. The Morgan fingerprint density at radius 1 is 1.27 bits per heavy atom. The highest BCUT2D eigenvalue weighted by atomic mass is 35.5. The monoisotopic (exact) mass is 398 g/mol. The van der Waals surface area contributed by atoms with Crippen LogP contribution in [0.4, 0.5) is 13.2 Å². The number of carboxylic acid groups (broad SMARTS) is 1. The number of benzene rings is 1. The van der Waals surface area contributed by atoms with Crippen molar-refractivity contribution in [3.05, 3.63) is 35.4 Å². The molecule has 8 heteroatoms. The highest BCUT2D eigenvalue weighted by Gasteiger charge is 2.30. The molecule has 0 aliphatic heterocycles. The van der Waals surface area contributed by atoms with Gasteiger partial charge in [0.05, 0.1) is 5.56 Å². The molecule has 0 saturated heterocycles. The zero-order valence-corrected chi connectivity index (χ0v) is 16.5. The summed E-state index contributed by atoms with van der Waals surface area (Å²) in [4.78, 5) is 10.1. The highest BCUT2D eigenvalue weighted by Crippen LogP contribution is 2.29. The second-order valence-electron chi connectivity index (χ2n) is 6.44. The predicted molar refractivity (Wildman–Crippen MR) is 101 cm³/mol. The molecule has 0 aliphatic rings. The maximum atomic E-state index is 12.4. The van der Waals surface area contributed by atoms with Crippen molar-refractivity contribution >= 4 is 18.4 Å². The highest BCUT2D eigenvalue weighted by molar-refractivity contribution is 5.85. The molecule has 1 aromatic rings. The molecule has 26 heavy (non-hydrogen) atoms. The van der Waals surface area contributed by atoms with Gasteiger partial charge in [-0.1, -0.05) is 39.0 Å². The number of aliphatic carboxylic acids is 1. The van der Waals surface area contributed by atoms with Crippen molar-refractivity contribution in [2.45, 2.75) is 58.8 Å². The molecule has 4 nitrogen and oxygen atoms in total. The van der Waals surface area contributed by atoms with Crippen LogP contribution >= 0.6 is 12.4 Å². The normalized spacial score (nSPS) is 13.3. The van der Waals surface area contributed by atoms with Crippen LogP contribution in [-0.4, -0.2) is 29.7 Å².